The van der Waals surface area contributed by atoms with E-state index in [2.05, 4.69) is 58.5 Å². The summed E-state index contributed by atoms with van der Waals surface area (Å²) in [6, 6.07) is 8.50. The van der Waals surface area contributed by atoms with Gasteiger partial charge in [-0.05, 0) is 25.0 Å². The normalized spacial score (nSPS) is 10.3. The standard InChI is InChI=1S/C13H18.C2H6/c1-10(2)13(4,5)12-9-7-6-8-11(12)3;1-2/h6-9H,1H2,2-5H3;1-2H3. The van der Waals surface area contributed by atoms with Crippen LogP contribution >= 0.6 is 0 Å². The Hall–Kier alpha value is -1.04. The third kappa shape index (κ3) is 3.23. The van der Waals surface area contributed by atoms with Gasteiger partial charge in [-0.15, -0.1) is 0 Å². The van der Waals surface area contributed by atoms with Crippen molar-refractivity contribution in [3.63, 3.8) is 0 Å². The minimum atomic E-state index is 0.0886. The Morgan fingerprint density at radius 2 is 1.60 bits per heavy atom. The lowest BCUT2D eigenvalue weighted by molar-refractivity contribution is 0.621. The molecule has 1 rings (SSSR count). The Morgan fingerprint density at radius 3 is 2.00 bits per heavy atom. The first-order valence-electron chi connectivity index (χ1n) is 5.68. The first-order valence-corrected chi connectivity index (χ1v) is 5.68. The van der Waals surface area contributed by atoms with Crippen LogP contribution in [0.5, 0.6) is 0 Å². The second-order valence-corrected chi connectivity index (χ2v) is 4.22. The number of benzene rings is 1. The van der Waals surface area contributed by atoms with Gasteiger partial charge in [0, 0.05) is 5.41 Å². The number of hydrogen-bond donors (Lipinski definition) is 0. The number of allylic oxidation sites excluding steroid dienone is 1. The molecule has 0 fully saturated rings. The minimum absolute atomic E-state index is 0.0886. The van der Waals surface area contributed by atoms with Crippen molar-refractivity contribution in [1.82, 2.24) is 0 Å². The topological polar surface area (TPSA) is 0 Å². The molecule has 0 N–H and O–H groups in total. The van der Waals surface area contributed by atoms with Gasteiger partial charge in [0.15, 0.2) is 0 Å². The molecule has 0 heterocycles. The van der Waals surface area contributed by atoms with Crippen LogP contribution < -0.4 is 0 Å². The first kappa shape index (κ1) is 14.0. The maximum atomic E-state index is 4.04. The van der Waals surface area contributed by atoms with Gasteiger partial charge in [-0.25, -0.2) is 0 Å². The highest BCUT2D eigenvalue weighted by molar-refractivity contribution is 5.38. The van der Waals surface area contributed by atoms with E-state index in [1.165, 1.54) is 16.7 Å². The van der Waals surface area contributed by atoms with Crippen LogP contribution in [-0.2, 0) is 5.41 Å². The second kappa shape index (κ2) is 5.75. The van der Waals surface area contributed by atoms with Gasteiger partial charge in [0.1, 0.15) is 0 Å². The molecule has 0 heteroatoms. The molecule has 0 aliphatic rings. The Bertz CT molecular complexity index is 319. The molecule has 0 amide bonds. The Balaban J connectivity index is 0.000000921. The third-order valence-corrected chi connectivity index (χ3v) is 2.89. The molecule has 0 saturated carbocycles. The van der Waals surface area contributed by atoms with Gasteiger partial charge in [0.25, 0.3) is 0 Å². The summed E-state index contributed by atoms with van der Waals surface area (Å²) >= 11 is 0. The van der Waals surface area contributed by atoms with Crippen molar-refractivity contribution in [2.75, 3.05) is 0 Å². The lowest BCUT2D eigenvalue weighted by Gasteiger charge is -2.27. The molecule has 0 radical (unpaired) electrons. The van der Waals surface area contributed by atoms with Crippen LogP contribution in [0.4, 0.5) is 0 Å². The Labute approximate surface area is 95.0 Å². The molecule has 1 aromatic rings. The van der Waals surface area contributed by atoms with Gasteiger partial charge >= 0.3 is 0 Å². The van der Waals surface area contributed by atoms with E-state index in [0.29, 0.717) is 0 Å². The van der Waals surface area contributed by atoms with Crippen LogP contribution in [-0.4, -0.2) is 0 Å². The molecule has 0 aromatic heterocycles. The molecule has 0 atom stereocenters. The van der Waals surface area contributed by atoms with Gasteiger partial charge in [-0.3, -0.25) is 0 Å². The summed E-state index contributed by atoms with van der Waals surface area (Å²) in [4.78, 5) is 0. The average Bonchev–Trinajstić information content (AvgIpc) is 2.21. The maximum absolute atomic E-state index is 4.04. The number of rotatable bonds is 2. The second-order valence-electron chi connectivity index (χ2n) is 4.22. The molecular weight excluding hydrogens is 180 g/mol. The van der Waals surface area contributed by atoms with E-state index in [0.717, 1.165) is 0 Å². The summed E-state index contributed by atoms with van der Waals surface area (Å²) in [6.45, 7) is 16.7. The minimum Gasteiger partial charge on any atom is -0.0993 e. The van der Waals surface area contributed by atoms with Crippen molar-refractivity contribution in [2.45, 2.75) is 47.0 Å². The molecule has 15 heavy (non-hydrogen) atoms. The van der Waals surface area contributed by atoms with E-state index in [1.807, 2.05) is 13.8 Å². The SMILES string of the molecule is C=C(C)C(C)(C)c1ccccc1C.CC. The van der Waals surface area contributed by atoms with Crippen LogP contribution in [0.25, 0.3) is 0 Å². The predicted octanol–water partition coefficient (Wildman–Crippen LogP) is 4.87. The highest BCUT2D eigenvalue weighted by Crippen LogP contribution is 2.31. The average molecular weight is 204 g/mol. The van der Waals surface area contributed by atoms with Gasteiger partial charge in [0.05, 0.1) is 0 Å². The lowest BCUT2D eigenvalue weighted by atomic mass is 9.77. The highest BCUT2D eigenvalue weighted by atomic mass is 14.3. The smallest absolute Gasteiger partial charge is 0.0102 e. The largest absolute Gasteiger partial charge is 0.0993 e. The Kier molecular flexibility index (Phi) is 5.35. The third-order valence-electron chi connectivity index (χ3n) is 2.89. The van der Waals surface area contributed by atoms with E-state index >= 15 is 0 Å². The highest BCUT2D eigenvalue weighted by Gasteiger charge is 2.22. The monoisotopic (exact) mass is 204 g/mol. The van der Waals surface area contributed by atoms with Gasteiger partial charge < -0.3 is 0 Å². The summed E-state index contributed by atoms with van der Waals surface area (Å²) in [5.74, 6) is 0. The van der Waals surface area contributed by atoms with Crippen LogP contribution in [0.1, 0.15) is 45.7 Å². The first-order chi connectivity index (χ1) is 6.96. The van der Waals surface area contributed by atoms with Crippen molar-refractivity contribution in [1.29, 1.82) is 0 Å². The molecule has 0 saturated heterocycles. The summed E-state index contributed by atoms with van der Waals surface area (Å²) in [6.07, 6.45) is 0. The number of hydrogen-bond acceptors (Lipinski definition) is 0. The van der Waals surface area contributed by atoms with Crippen molar-refractivity contribution < 1.29 is 0 Å². The summed E-state index contributed by atoms with van der Waals surface area (Å²) < 4.78 is 0. The zero-order valence-electron chi connectivity index (χ0n) is 11.0. The summed E-state index contributed by atoms with van der Waals surface area (Å²) in [7, 11) is 0. The van der Waals surface area contributed by atoms with E-state index in [-0.39, 0.29) is 5.41 Å². The predicted molar refractivity (Wildman–Crippen MR) is 70.4 cm³/mol. The molecule has 0 bridgehead atoms. The van der Waals surface area contributed by atoms with Crippen LogP contribution in [0.3, 0.4) is 0 Å². The quantitative estimate of drug-likeness (QED) is 0.603. The van der Waals surface area contributed by atoms with Gasteiger partial charge in [0.2, 0.25) is 0 Å². The maximum Gasteiger partial charge on any atom is 0.0102 e. The molecule has 0 aliphatic heterocycles. The molecule has 0 unspecified atom stereocenters. The van der Waals surface area contributed by atoms with Crippen molar-refractivity contribution >= 4 is 0 Å². The Morgan fingerprint density at radius 1 is 1.13 bits per heavy atom. The van der Waals surface area contributed by atoms with E-state index in [9.17, 15) is 0 Å². The van der Waals surface area contributed by atoms with E-state index in [4.69, 9.17) is 0 Å². The summed E-state index contributed by atoms with van der Waals surface area (Å²) in [5.41, 5.74) is 4.02. The van der Waals surface area contributed by atoms with Crippen molar-refractivity contribution in [3.05, 3.63) is 47.5 Å². The zero-order chi connectivity index (χ0) is 12.1. The van der Waals surface area contributed by atoms with Crippen LogP contribution in [0.15, 0.2) is 36.4 Å². The van der Waals surface area contributed by atoms with Crippen LogP contribution in [0.2, 0.25) is 0 Å². The molecule has 84 valence electrons. The number of aryl methyl sites for hydroxylation is 1. The van der Waals surface area contributed by atoms with Gasteiger partial charge in [-0.1, -0.05) is 64.1 Å². The fourth-order valence-corrected chi connectivity index (χ4v) is 1.50. The van der Waals surface area contributed by atoms with Gasteiger partial charge in [-0.2, -0.15) is 0 Å². The molecule has 0 spiro atoms. The zero-order valence-corrected chi connectivity index (χ0v) is 11.0. The summed E-state index contributed by atoms with van der Waals surface area (Å²) in [5, 5.41) is 0. The molecule has 1 aromatic carbocycles. The van der Waals surface area contributed by atoms with E-state index < -0.39 is 0 Å². The fraction of sp³-hybridized carbons (Fsp3) is 0.467. The van der Waals surface area contributed by atoms with Crippen molar-refractivity contribution in [3.8, 4) is 0 Å². The molecular formula is C15H24. The lowest BCUT2D eigenvalue weighted by Crippen LogP contribution is -2.19. The van der Waals surface area contributed by atoms with Crippen molar-refractivity contribution in [2.24, 2.45) is 0 Å². The fourth-order valence-electron chi connectivity index (χ4n) is 1.50. The molecule has 0 nitrogen and oxygen atoms in total. The van der Waals surface area contributed by atoms with Crippen LogP contribution in [0, 0.1) is 6.92 Å². The van der Waals surface area contributed by atoms with E-state index in [1.54, 1.807) is 0 Å². The molecule has 0 aliphatic carbocycles.